The summed E-state index contributed by atoms with van der Waals surface area (Å²) in [5.74, 6) is 0.887. The van der Waals surface area contributed by atoms with Crippen LogP contribution in [0.15, 0.2) is 10.8 Å². The van der Waals surface area contributed by atoms with Crippen molar-refractivity contribution in [2.75, 3.05) is 31.2 Å². The molecule has 1 saturated heterocycles. The summed E-state index contributed by atoms with van der Waals surface area (Å²) in [5.41, 5.74) is 0.955. The van der Waals surface area contributed by atoms with E-state index in [2.05, 4.69) is 9.88 Å². The zero-order chi connectivity index (χ0) is 8.39. The van der Waals surface area contributed by atoms with E-state index in [4.69, 9.17) is 9.15 Å². The summed E-state index contributed by atoms with van der Waals surface area (Å²) in [6.45, 7) is 5.31. The SMILES string of the molecule is Cc1ncoc1N1CCOCC1. The molecule has 0 N–H and O–H groups in total. The largest absolute Gasteiger partial charge is 0.428 e. The van der Waals surface area contributed by atoms with E-state index in [1.54, 1.807) is 0 Å². The molecule has 0 radical (unpaired) electrons. The van der Waals surface area contributed by atoms with Gasteiger partial charge in [0.1, 0.15) is 5.69 Å². The number of hydrogen-bond donors (Lipinski definition) is 0. The Balaban J connectivity index is 2.13. The smallest absolute Gasteiger partial charge is 0.219 e. The molecule has 2 heterocycles. The molecule has 0 spiro atoms. The number of aromatic nitrogens is 1. The topological polar surface area (TPSA) is 38.5 Å². The molecule has 0 saturated carbocycles. The van der Waals surface area contributed by atoms with E-state index in [9.17, 15) is 0 Å². The third kappa shape index (κ3) is 1.30. The zero-order valence-electron chi connectivity index (χ0n) is 7.12. The zero-order valence-corrected chi connectivity index (χ0v) is 7.12. The first-order chi connectivity index (χ1) is 5.88. The summed E-state index contributed by atoms with van der Waals surface area (Å²) >= 11 is 0. The Morgan fingerprint density at radius 1 is 1.42 bits per heavy atom. The third-order valence-corrected chi connectivity index (χ3v) is 2.02. The third-order valence-electron chi connectivity index (χ3n) is 2.02. The first-order valence-electron chi connectivity index (χ1n) is 4.11. The minimum absolute atomic E-state index is 0.778. The fraction of sp³-hybridized carbons (Fsp3) is 0.625. The van der Waals surface area contributed by atoms with Gasteiger partial charge in [-0.25, -0.2) is 4.98 Å². The van der Waals surface area contributed by atoms with Crippen molar-refractivity contribution in [3.8, 4) is 0 Å². The fourth-order valence-electron chi connectivity index (χ4n) is 1.37. The van der Waals surface area contributed by atoms with Crippen LogP contribution in [0.2, 0.25) is 0 Å². The maximum atomic E-state index is 5.26. The summed E-state index contributed by atoms with van der Waals surface area (Å²) in [6, 6.07) is 0. The van der Waals surface area contributed by atoms with Crippen molar-refractivity contribution in [2.45, 2.75) is 6.92 Å². The average molecular weight is 168 g/mol. The molecule has 0 unspecified atom stereocenters. The molecule has 4 heteroatoms. The van der Waals surface area contributed by atoms with E-state index in [-0.39, 0.29) is 0 Å². The van der Waals surface area contributed by atoms with Crippen LogP contribution in [-0.4, -0.2) is 31.3 Å². The maximum Gasteiger partial charge on any atom is 0.219 e. The quantitative estimate of drug-likeness (QED) is 0.622. The average Bonchev–Trinajstić information content (AvgIpc) is 2.53. The molecule has 4 nitrogen and oxygen atoms in total. The Kier molecular flexibility index (Phi) is 1.99. The van der Waals surface area contributed by atoms with Crippen molar-refractivity contribution in [1.82, 2.24) is 4.98 Å². The molecule has 0 amide bonds. The van der Waals surface area contributed by atoms with Crippen molar-refractivity contribution in [3.63, 3.8) is 0 Å². The molecule has 66 valence electrons. The molecule has 0 atom stereocenters. The molecule has 1 fully saturated rings. The highest BCUT2D eigenvalue weighted by atomic mass is 16.5. The molecular formula is C8H12N2O2. The van der Waals surface area contributed by atoms with Gasteiger partial charge in [-0.3, -0.25) is 0 Å². The Morgan fingerprint density at radius 2 is 2.17 bits per heavy atom. The lowest BCUT2D eigenvalue weighted by Gasteiger charge is -2.26. The standard InChI is InChI=1S/C8H12N2O2/c1-7-8(12-6-9-7)10-2-4-11-5-3-10/h6H,2-5H2,1H3. The number of hydrogen-bond acceptors (Lipinski definition) is 4. The highest BCUT2D eigenvalue weighted by Gasteiger charge is 2.16. The van der Waals surface area contributed by atoms with Gasteiger partial charge in [-0.1, -0.05) is 0 Å². The van der Waals surface area contributed by atoms with Gasteiger partial charge < -0.3 is 14.1 Å². The summed E-state index contributed by atoms with van der Waals surface area (Å²) < 4.78 is 10.5. The predicted octanol–water partition coefficient (Wildman–Crippen LogP) is 0.820. The lowest BCUT2D eigenvalue weighted by atomic mass is 10.4. The summed E-state index contributed by atoms with van der Waals surface area (Å²) in [4.78, 5) is 6.20. The number of ether oxygens (including phenoxy) is 1. The Labute approximate surface area is 71.1 Å². The van der Waals surface area contributed by atoms with Gasteiger partial charge in [0.05, 0.1) is 13.2 Å². The van der Waals surface area contributed by atoms with E-state index in [1.807, 2.05) is 6.92 Å². The van der Waals surface area contributed by atoms with Crippen LogP contribution in [0.3, 0.4) is 0 Å². The number of nitrogens with zero attached hydrogens (tertiary/aromatic N) is 2. The first kappa shape index (κ1) is 7.61. The summed E-state index contributed by atoms with van der Waals surface area (Å²) in [7, 11) is 0. The highest BCUT2D eigenvalue weighted by molar-refractivity contribution is 5.39. The van der Waals surface area contributed by atoms with E-state index in [0.717, 1.165) is 37.9 Å². The van der Waals surface area contributed by atoms with Crippen LogP contribution < -0.4 is 4.90 Å². The van der Waals surface area contributed by atoms with E-state index >= 15 is 0 Å². The van der Waals surface area contributed by atoms with Crippen molar-refractivity contribution in [3.05, 3.63) is 12.1 Å². The van der Waals surface area contributed by atoms with Gasteiger partial charge in [0.25, 0.3) is 0 Å². The lowest BCUT2D eigenvalue weighted by Crippen LogP contribution is -2.36. The van der Waals surface area contributed by atoms with Crippen molar-refractivity contribution in [1.29, 1.82) is 0 Å². The summed E-state index contributed by atoms with van der Waals surface area (Å²) in [6.07, 6.45) is 1.49. The van der Waals surface area contributed by atoms with Crippen LogP contribution in [0.5, 0.6) is 0 Å². The second-order valence-electron chi connectivity index (χ2n) is 2.84. The van der Waals surface area contributed by atoms with Gasteiger partial charge in [-0.05, 0) is 6.92 Å². The van der Waals surface area contributed by atoms with Gasteiger partial charge in [0.15, 0.2) is 6.39 Å². The minimum atomic E-state index is 0.778. The van der Waals surface area contributed by atoms with Crippen LogP contribution in [0.1, 0.15) is 5.69 Å². The Hall–Kier alpha value is -1.03. The molecule has 12 heavy (non-hydrogen) atoms. The van der Waals surface area contributed by atoms with Crippen molar-refractivity contribution >= 4 is 5.88 Å². The van der Waals surface area contributed by atoms with Gasteiger partial charge >= 0.3 is 0 Å². The molecule has 0 aromatic carbocycles. The molecule has 1 aliphatic heterocycles. The maximum absolute atomic E-state index is 5.26. The van der Waals surface area contributed by atoms with Crippen molar-refractivity contribution < 1.29 is 9.15 Å². The summed E-state index contributed by atoms with van der Waals surface area (Å²) in [5, 5.41) is 0. The Bertz CT molecular complexity index is 253. The van der Waals surface area contributed by atoms with Gasteiger partial charge in [0.2, 0.25) is 5.88 Å². The molecular weight excluding hydrogens is 156 g/mol. The van der Waals surface area contributed by atoms with E-state index in [0.29, 0.717) is 0 Å². The van der Waals surface area contributed by atoms with Gasteiger partial charge in [0, 0.05) is 13.1 Å². The molecule has 1 aromatic rings. The van der Waals surface area contributed by atoms with Crippen LogP contribution >= 0.6 is 0 Å². The molecule has 1 aliphatic rings. The van der Waals surface area contributed by atoms with Crippen LogP contribution in [-0.2, 0) is 4.74 Å². The van der Waals surface area contributed by atoms with E-state index < -0.39 is 0 Å². The van der Waals surface area contributed by atoms with Crippen LogP contribution in [0.25, 0.3) is 0 Å². The number of aryl methyl sites for hydroxylation is 1. The van der Waals surface area contributed by atoms with Gasteiger partial charge in [-0.2, -0.15) is 0 Å². The molecule has 0 aliphatic carbocycles. The second-order valence-corrected chi connectivity index (χ2v) is 2.84. The highest BCUT2D eigenvalue weighted by Crippen LogP contribution is 2.18. The number of morpholine rings is 1. The molecule has 2 rings (SSSR count). The van der Waals surface area contributed by atoms with Crippen LogP contribution in [0, 0.1) is 6.92 Å². The molecule has 1 aromatic heterocycles. The predicted molar refractivity (Wildman–Crippen MR) is 44.3 cm³/mol. The fourth-order valence-corrected chi connectivity index (χ4v) is 1.37. The number of anilines is 1. The normalized spacial score (nSPS) is 18.2. The second kappa shape index (κ2) is 3.15. The minimum Gasteiger partial charge on any atom is -0.428 e. The Morgan fingerprint density at radius 3 is 2.75 bits per heavy atom. The number of rotatable bonds is 1. The monoisotopic (exact) mass is 168 g/mol. The number of oxazole rings is 1. The van der Waals surface area contributed by atoms with E-state index in [1.165, 1.54) is 6.39 Å². The first-order valence-corrected chi connectivity index (χ1v) is 4.11. The van der Waals surface area contributed by atoms with Crippen molar-refractivity contribution in [2.24, 2.45) is 0 Å². The van der Waals surface area contributed by atoms with Crippen LogP contribution in [0.4, 0.5) is 5.88 Å². The molecule has 0 bridgehead atoms. The van der Waals surface area contributed by atoms with Gasteiger partial charge in [-0.15, -0.1) is 0 Å². The lowest BCUT2D eigenvalue weighted by molar-refractivity contribution is 0.120.